The number of rotatable bonds is 4. The first-order valence-electron chi connectivity index (χ1n) is 4.50. The van der Waals surface area contributed by atoms with Gasteiger partial charge in [0, 0.05) is 13.1 Å². The topological polar surface area (TPSA) is 29.5 Å². The van der Waals surface area contributed by atoms with E-state index in [0.717, 1.165) is 0 Å². The number of carbonyl (C=O) groups is 1. The molecule has 0 heterocycles. The number of halogens is 1. The quantitative estimate of drug-likeness (QED) is 0.541. The largest absolute Gasteiger partial charge is 0.503 e. The first kappa shape index (κ1) is 12.8. The number of hydrogen-bond donors (Lipinski definition) is 0. The molecule has 0 aromatic carbocycles. The first-order chi connectivity index (χ1) is 5.96. The van der Waals surface area contributed by atoms with Gasteiger partial charge < -0.3 is 9.33 Å². The molecule has 0 aromatic heterocycles. The van der Waals surface area contributed by atoms with E-state index in [1.807, 2.05) is 26.9 Å². The molecule has 0 rings (SSSR count). The van der Waals surface area contributed by atoms with Crippen molar-refractivity contribution in [3.8, 4) is 0 Å². The van der Waals surface area contributed by atoms with Crippen molar-refractivity contribution in [3.05, 3.63) is 0 Å². The van der Waals surface area contributed by atoms with Crippen LogP contribution in [0.1, 0.15) is 13.8 Å². The molecule has 5 heteroatoms. The van der Waals surface area contributed by atoms with Gasteiger partial charge in [-0.3, -0.25) is 0 Å². The van der Waals surface area contributed by atoms with Gasteiger partial charge in [-0.15, -0.1) is 11.6 Å². The third-order valence-corrected chi connectivity index (χ3v) is 5.01. The van der Waals surface area contributed by atoms with E-state index in [4.69, 9.17) is 16.0 Å². The maximum Gasteiger partial charge on any atom is 0.396 e. The van der Waals surface area contributed by atoms with Crippen LogP contribution in [0.5, 0.6) is 0 Å². The van der Waals surface area contributed by atoms with E-state index < -0.39 is 8.32 Å². The predicted molar refractivity (Wildman–Crippen MR) is 57.6 cm³/mol. The van der Waals surface area contributed by atoms with Gasteiger partial charge in [-0.2, -0.15) is 0 Å². The molecule has 0 aliphatic carbocycles. The van der Waals surface area contributed by atoms with E-state index in [0.29, 0.717) is 18.6 Å². The molecule has 0 N–H and O–H groups in total. The van der Waals surface area contributed by atoms with E-state index in [2.05, 4.69) is 0 Å². The Morgan fingerprint density at radius 3 is 2.15 bits per heavy atom. The summed E-state index contributed by atoms with van der Waals surface area (Å²) in [6.45, 7) is 9.09. The Kier molecular flexibility index (Phi) is 5.40. The van der Waals surface area contributed by atoms with Gasteiger partial charge in [-0.05, 0) is 26.9 Å². The Labute approximate surface area is 86.1 Å². The van der Waals surface area contributed by atoms with Crippen LogP contribution in [0.15, 0.2) is 0 Å². The molecule has 0 aliphatic rings. The molecule has 0 unspecified atom stereocenters. The van der Waals surface area contributed by atoms with Crippen molar-refractivity contribution in [2.45, 2.75) is 26.9 Å². The smallest absolute Gasteiger partial charge is 0.396 e. The highest BCUT2D eigenvalue weighted by atomic mass is 35.5. The standard InChI is InChI=1S/C8H18ClNO2Si/c1-5-10(6-2)8(11)12-13(3,4)7-9/h5-7H2,1-4H3. The summed E-state index contributed by atoms with van der Waals surface area (Å²) >= 11 is 5.69. The number of hydrogen-bond acceptors (Lipinski definition) is 2. The summed E-state index contributed by atoms with van der Waals surface area (Å²) in [5.74, 6) is 0. The summed E-state index contributed by atoms with van der Waals surface area (Å²) in [6, 6.07) is 0. The third kappa shape index (κ3) is 4.52. The van der Waals surface area contributed by atoms with E-state index in [-0.39, 0.29) is 6.09 Å². The van der Waals surface area contributed by atoms with E-state index in [1.54, 1.807) is 4.90 Å². The van der Waals surface area contributed by atoms with Crippen molar-refractivity contribution in [2.75, 3.05) is 18.6 Å². The number of nitrogens with zero attached hydrogens (tertiary/aromatic N) is 1. The van der Waals surface area contributed by atoms with Crippen LogP contribution in [0.2, 0.25) is 13.1 Å². The molecule has 0 saturated heterocycles. The monoisotopic (exact) mass is 223 g/mol. The second kappa shape index (κ2) is 5.50. The van der Waals surface area contributed by atoms with Gasteiger partial charge in [0.15, 0.2) is 0 Å². The fraction of sp³-hybridized carbons (Fsp3) is 0.875. The number of alkyl halides is 1. The molecule has 0 saturated carbocycles. The molecular weight excluding hydrogens is 206 g/mol. The molecule has 0 fully saturated rings. The molecule has 1 amide bonds. The molecule has 3 nitrogen and oxygen atoms in total. The molecule has 0 aromatic rings. The second-order valence-electron chi connectivity index (χ2n) is 3.43. The lowest BCUT2D eigenvalue weighted by Gasteiger charge is -2.25. The van der Waals surface area contributed by atoms with Crippen molar-refractivity contribution in [3.63, 3.8) is 0 Å². The molecule has 78 valence electrons. The molecule has 0 radical (unpaired) electrons. The summed E-state index contributed by atoms with van der Waals surface area (Å²) in [5.41, 5.74) is 0.444. The zero-order valence-electron chi connectivity index (χ0n) is 8.76. The van der Waals surface area contributed by atoms with Gasteiger partial charge in [-0.1, -0.05) is 0 Å². The Bertz CT molecular complexity index is 172. The van der Waals surface area contributed by atoms with E-state index in [9.17, 15) is 4.79 Å². The Morgan fingerprint density at radius 1 is 1.38 bits per heavy atom. The minimum atomic E-state index is -1.96. The summed E-state index contributed by atoms with van der Waals surface area (Å²) in [6.07, 6.45) is -0.234. The minimum absolute atomic E-state index is 0.234. The maximum atomic E-state index is 11.5. The predicted octanol–water partition coefficient (Wildman–Crippen LogP) is 2.45. The average Bonchev–Trinajstić information content (AvgIpc) is 2.06. The fourth-order valence-corrected chi connectivity index (χ4v) is 1.63. The molecule has 0 spiro atoms. The molecule has 0 atom stereocenters. The van der Waals surface area contributed by atoms with Crippen LogP contribution in [0, 0.1) is 0 Å². The Hall–Kier alpha value is -0.223. The first-order valence-corrected chi connectivity index (χ1v) is 8.15. The van der Waals surface area contributed by atoms with Gasteiger partial charge in [0.05, 0.1) is 5.50 Å². The number of amides is 1. The summed E-state index contributed by atoms with van der Waals surface area (Å²) < 4.78 is 5.32. The highest BCUT2D eigenvalue weighted by Crippen LogP contribution is 2.08. The summed E-state index contributed by atoms with van der Waals surface area (Å²) in [4.78, 5) is 13.1. The van der Waals surface area contributed by atoms with E-state index in [1.165, 1.54) is 0 Å². The van der Waals surface area contributed by atoms with Crippen molar-refractivity contribution in [2.24, 2.45) is 0 Å². The average molecular weight is 224 g/mol. The van der Waals surface area contributed by atoms with Crippen LogP contribution in [0.4, 0.5) is 4.79 Å². The second-order valence-corrected chi connectivity index (χ2v) is 8.23. The van der Waals surface area contributed by atoms with Gasteiger partial charge >= 0.3 is 6.09 Å². The molecule has 0 aliphatic heterocycles. The third-order valence-electron chi connectivity index (χ3n) is 1.71. The highest BCUT2D eigenvalue weighted by Gasteiger charge is 2.27. The van der Waals surface area contributed by atoms with Crippen LogP contribution in [-0.2, 0) is 4.43 Å². The minimum Gasteiger partial charge on any atom is -0.503 e. The summed E-state index contributed by atoms with van der Waals surface area (Å²) in [5, 5.41) is 0. The zero-order chi connectivity index (χ0) is 10.5. The van der Waals surface area contributed by atoms with Gasteiger partial charge in [0.25, 0.3) is 8.32 Å². The van der Waals surface area contributed by atoms with Crippen molar-refractivity contribution in [1.29, 1.82) is 0 Å². The van der Waals surface area contributed by atoms with Crippen molar-refractivity contribution < 1.29 is 9.22 Å². The van der Waals surface area contributed by atoms with Gasteiger partial charge in [0.2, 0.25) is 0 Å². The SMILES string of the molecule is CCN(CC)C(=O)O[Si](C)(C)CCl. The van der Waals surface area contributed by atoms with Crippen LogP contribution in [0.3, 0.4) is 0 Å². The van der Waals surface area contributed by atoms with Gasteiger partial charge in [0.1, 0.15) is 0 Å². The lowest BCUT2D eigenvalue weighted by molar-refractivity contribution is 0.155. The molecule has 0 bridgehead atoms. The Morgan fingerprint density at radius 2 is 1.85 bits per heavy atom. The highest BCUT2D eigenvalue weighted by molar-refractivity contribution is 6.78. The maximum absolute atomic E-state index is 11.5. The summed E-state index contributed by atoms with van der Waals surface area (Å²) in [7, 11) is -1.96. The number of carbonyl (C=O) groups excluding carboxylic acids is 1. The van der Waals surface area contributed by atoms with Crippen molar-refractivity contribution in [1.82, 2.24) is 4.90 Å². The molecule has 13 heavy (non-hydrogen) atoms. The van der Waals surface area contributed by atoms with Crippen LogP contribution < -0.4 is 0 Å². The van der Waals surface area contributed by atoms with Crippen LogP contribution in [0.25, 0.3) is 0 Å². The van der Waals surface area contributed by atoms with Crippen molar-refractivity contribution >= 4 is 26.0 Å². The normalized spacial score (nSPS) is 11.2. The lowest BCUT2D eigenvalue weighted by atomic mass is 10.6. The van der Waals surface area contributed by atoms with Crippen LogP contribution in [-0.4, -0.2) is 37.9 Å². The van der Waals surface area contributed by atoms with Gasteiger partial charge in [-0.25, -0.2) is 4.79 Å². The lowest BCUT2D eigenvalue weighted by Crippen LogP contribution is -2.42. The Balaban J connectivity index is 4.13. The molecular formula is C8H18ClNO2Si. The zero-order valence-corrected chi connectivity index (χ0v) is 10.5. The van der Waals surface area contributed by atoms with E-state index >= 15 is 0 Å². The van der Waals surface area contributed by atoms with Crippen LogP contribution >= 0.6 is 11.6 Å². The fourth-order valence-electron chi connectivity index (χ4n) is 0.810.